The maximum atomic E-state index is 12.9. The molecule has 9 nitrogen and oxygen atoms in total. The van der Waals surface area contributed by atoms with Crippen LogP contribution in [0.3, 0.4) is 0 Å². The number of amides is 2. The number of halogens is 4. The number of aliphatic imine (C=N–C) groups is 1. The molecule has 13 heteroatoms. The third kappa shape index (κ3) is 7.85. The van der Waals surface area contributed by atoms with E-state index in [9.17, 15) is 22.8 Å². The Morgan fingerprint density at radius 3 is 2.27 bits per heavy atom. The number of benzene rings is 1. The van der Waals surface area contributed by atoms with Crippen LogP contribution in [0.15, 0.2) is 76.5 Å². The van der Waals surface area contributed by atoms with Crippen molar-refractivity contribution >= 4 is 40.5 Å². The molecule has 2 aromatic rings. The lowest BCUT2D eigenvalue weighted by Gasteiger charge is -2.19. The number of allylic oxidation sites excluding steroid dienone is 4. The van der Waals surface area contributed by atoms with Crippen LogP contribution >= 0.6 is 11.6 Å². The first kappa shape index (κ1) is 30.2. The average Bonchev–Trinajstić information content (AvgIpc) is 2.89. The van der Waals surface area contributed by atoms with Crippen molar-refractivity contribution in [2.75, 3.05) is 31.4 Å². The van der Waals surface area contributed by atoms with Gasteiger partial charge < -0.3 is 24.8 Å². The minimum atomic E-state index is -4.56. The fraction of sp³-hybridized carbons (Fsp3) is 0.259. The standard InChI is InChI=1S/C27H26ClF3N4O5/c1-5-32-21-12-23(39-4)22(38-3)11-19(21)15(2)40-26-20(28)10-18(14-33-26)35-25(37)13-24(36)34-17-8-6-7-16(9-17)27(29,30)31/h6-12,14H,5,13H2,1-4H3,(H,34,36)(H,35,37)/b19-15+,32-21?. The van der Waals surface area contributed by atoms with Crippen molar-refractivity contribution in [3.05, 3.63) is 82.1 Å². The molecule has 0 fully saturated rings. The van der Waals surface area contributed by atoms with E-state index in [2.05, 4.69) is 20.6 Å². The SMILES string of the molecule is CCN=C1C=C(OC)C(OC)=C/C1=C(/C)Oc1ncc(NC(=O)CC(=O)Nc2cccc(C(F)(F)F)c2)cc1Cl. The third-order valence-corrected chi connectivity index (χ3v) is 5.62. The Kier molecular flexibility index (Phi) is 9.94. The quantitative estimate of drug-likeness (QED) is 0.283. The number of rotatable bonds is 9. The number of pyridine rings is 1. The Bertz CT molecular complexity index is 1420. The Balaban J connectivity index is 1.67. The van der Waals surface area contributed by atoms with Gasteiger partial charge in [0.2, 0.25) is 17.7 Å². The number of hydrogen-bond donors (Lipinski definition) is 2. The van der Waals surface area contributed by atoms with E-state index in [1.165, 1.54) is 32.5 Å². The highest BCUT2D eigenvalue weighted by Gasteiger charge is 2.30. The molecule has 3 rings (SSSR count). The Morgan fingerprint density at radius 2 is 1.68 bits per heavy atom. The molecule has 1 aliphatic rings. The highest BCUT2D eigenvalue weighted by molar-refractivity contribution is 6.32. The van der Waals surface area contributed by atoms with Gasteiger partial charge in [0.1, 0.15) is 17.2 Å². The van der Waals surface area contributed by atoms with E-state index in [0.717, 1.165) is 18.2 Å². The van der Waals surface area contributed by atoms with Crippen molar-refractivity contribution in [1.82, 2.24) is 4.98 Å². The van der Waals surface area contributed by atoms with Crippen LogP contribution in [-0.4, -0.2) is 43.3 Å². The summed E-state index contributed by atoms with van der Waals surface area (Å²) < 4.78 is 55.2. The minimum Gasteiger partial charge on any atom is -0.493 e. The number of methoxy groups -OCH3 is 2. The number of nitrogens with one attached hydrogen (secondary N) is 2. The number of carbonyl (C=O) groups excluding carboxylic acids is 2. The molecule has 0 bridgehead atoms. The summed E-state index contributed by atoms with van der Waals surface area (Å²) in [5.74, 6) is -0.0720. The minimum absolute atomic E-state index is 0.0525. The summed E-state index contributed by atoms with van der Waals surface area (Å²) in [6.07, 6.45) is -0.493. The number of alkyl halides is 3. The topological polar surface area (TPSA) is 111 Å². The van der Waals surface area contributed by atoms with E-state index < -0.39 is 30.0 Å². The first-order valence-electron chi connectivity index (χ1n) is 11.8. The molecule has 2 amide bonds. The molecular weight excluding hydrogens is 553 g/mol. The lowest BCUT2D eigenvalue weighted by Crippen LogP contribution is -2.21. The first-order valence-corrected chi connectivity index (χ1v) is 12.2. The molecule has 0 spiro atoms. The van der Waals surface area contributed by atoms with Gasteiger partial charge >= 0.3 is 6.18 Å². The van der Waals surface area contributed by atoms with Crippen LogP contribution in [0.4, 0.5) is 24.5 Å². The van der Waals surface area contributed by atoms with Gasteiger partial charge in [0.15, 0.2) is 11.5 Å². The van der Waals surface area contributed by atoms with E-state index in [0.29, 0.717) is 35.1 Å². The van der Waals surface area contributed by atoms with Crippen LogP contribution in [-0.2, 0) is 25.2 Å². The van der Waals surface area contributed by atoms with Gasteiger partial charge in [-0.25, -0.2) is 4.98 Å². The van der Waals surface area contributed by atoms with Crippen molar-refractivity contribution in [1.29, 1.82) is 0 Å². The molecule has 0 atom stereocenters. The molecule has 1 aromatic carbocycles. The predicted molar refractivity (Wildman–Crippen MR) is 144 cm³/mol. The summed E-state index contributed by atoms with van der Waals surface area (Å²) in [6.45, 7) is 4.10. The van der Waals surface area contributed by atoms with Gasteiger partial charge in [-0.1, -0.05) is 17.7 Å². The molecule has 40 heavy (non-hydrogen) atoms. The summed E-state index contributed by atoms with van der Waals surface area (Å²) in [5, 5.41) is 4.80. The molecule has 1 heterocycles. The van der Waals surface area contributed by atoms with E-state index in [1.807, 2.05) is 6.92 Å². The second-order valence-corrected chi connectivity index (χ2v) is 8.63. The Morgan fingerprint density at radius 1 is 1.02 bits per heavy atom. The summed E-state index contributed by atoms with van der Waals surface area (Å²) in [4.78, 5) is 33.1. The van der Waals surface area contributed by atoms with Gasteiger partial charge in [-0.3, -0.25) is 14.6 Å². The molecule has 0 unspecified atom stereocenters. The number of aromatic nitrogens is 1. The van der Waals surface area contributed by atoms with Crippen LogP contribution < -0.4 is 15.4 Å². The average molecular weight is 579 g/mol. The zero-order chi connectivity index (χ0) is 29.4. The first-order chi connectivity index (χ1) is 18.9. The van der Waals surface area contributed by atoms with E-state index in [4.69, 9.17) is 25.8 Å². The second kappa shape index (κ2) is 13.2. The summed E-state index contributed by atoms with van der Waals surface area (Å²) in [5.41, 5.74) is 0.407. The molecule has 212 valence electrons. The van der Waals surface area contributed by atoms with Crippen LogP contribution in [0.2, 0.25) is 5.02 Å². The Labute approximate surface area is 233 Å². The summed E-state index contributed by atoms with van der Waals surface area (Å²) >= 11 is 6.32. The lowest BCUT2D eigenvalue weighted by atomic mass is 10.0. The molecular formula is C27H26ClF3N4O5. The molecule has 0 aliphatic heterocycles. The smallest absolute Gasteiger partial charge is 0.416 e. The number of ether oxygens (including phenoxy) is 3. The van der Waals surface area contributed by atoms with Gasteiger partial charge in [0, 0.05) is 23.9 Å². The second-order valence-electron chi connectivity index (χ2n) is 8.22. The Hall–Kier alpha value is -4.32. The molecule has 0 saturated heterocycles. The fourth-order valence-electron chi connectivity index (χ4n) is 3.55. The van der Waals surface area contributed by atoms with Gasteiger partial charge in [-0.15, -0.1) is 0 Å². The number of anilines is 2. The van der Waals surface area contributed by atoms with E-state index in [-0.39, 0.29) is 22.3 Å². The highest BCUT2D eigenvalue weighted by atomic mass is 35.5. The highest BCUT2D eigenvalue weighted by Crippen LogP contribution is 2.31. The fourth-order valence-corrected chi connectivity index (χ4v) is 3.75. The molecule has 1 aromatic heterocycles. The lowest BCUT2D eigenvalue weighted by molar-refractivity contribution is -0.137. The van der Waals surface area contributed by atoms with Gasteiger partial charge in [-0.2, -0.15) is 13.2 Å². The van der Waals surface area contributed by atoms with Gasteiger partial charge in [0.05, 0.1) is 37.4 Å². The van der Waals surface area contributed by atoms with Gasteiger partial charge in [0.25, 0.3) is 0 Å². The maximum absolute atomic E-state index is 12.9. The zero-order valence-corrected chi connectivity index (χ0v) is 22.7. The summed E-state index contributed by atoms with van der Waals surface area (Å²) in [7, 11) is 3.03. The van der Waals surface area contributed by atoms with Crippen LogP contribution in [0.1, 0.15) is 25.8 Å². The van der Waals surface area contributed by atoms with Crippen LogP contribution in [0.5, 0.6) is 5.88 Å². The monoisotopic (exact) mass is 578 g/mol. The van der Waals surface area contributed by atoms with Crippen molar-refractivity contribution in [2.24, 2.45) is 4.99 Å². The van der Waals surface area contributed by atoms with Gasteiger partial charge in [-0.05, 0) is 44.2 Å². The largest absolute Gasteiger partial charge is 0.493 e. The zero-order valence-electron chi connectivity index (χ0n) is 22.0. The van der Waals surface area contributed by atoms with Crippen molar-refractivity contribution in [2.45, 2.75) is 26.4 Å². The number of nitrogens with zero attached hydrogens (tertiary/aromatic N) is 2. The van der Waals surface area contributed by atoms with E-state index in [1.54, 1.807) is 19.1 Å². The van der Waals surface area contributed by atoms with Crippen molar-refractivity contribution in [3.8, 4) is 5.88 Å². The number of hydrogen-bond acceptors (Lipinski definition) is 7. The molecule has 1 aliphatic carbocycles. The molecule has 2 N–H and O–H groups in total. The number of carbonyl (C=O) groups is 2. The van der Waals surface area contributed by atoms with Crippen molar-refractivity contribution in [3.63, 3.8) is 0 Å². The van der Waals surface area contributed by atoms with E-state index >= 15 is 0 Å². The maximum Gasteiger partial charge on any atom is 0.416 e. The third-order valence-electron chi connectivity index (χ3n) is 5.35. The predicted octanol–water partition coefficient (Wildman–Crippen LogP) is 5.91. The summed E-state index contributed by atoms with van der Waals surface area (Å²) in [6, 6.07) is 5.47. The van der Waals surface area contributed by atoms with Crippen molar-refractivity contribution < 1.29 is 37.0 Å². The normalized spacial score (nSPS) is 15.6. The molecule has 0 radical (unpaired) electrons. The molecule has 0 saturated carbocycles. The van der Waals surface area contributed by atoms with Crippen LogP contribution in [0, 0.1) is 0 Å². The van der Waals surface area contributed by atoms with Crippen LogP contribution in [0.25, 0.3) is 0 Å².